The number of hydrogen-bond acceptors (Lipinski definition) is 6. The maximum Gasteiger partial charge on any atom is 0.508 e. The Morgan fingerprint density at radius 2 is 1.85 bits per heavy atom. The molecule has 2 amide bonds. The lowest BCUT2D eigenvalue weighted by Gasteiger charge is -2.42. The first kappa shape index (κ1) is 19.0. The van der Waals surface area contributed by atoms with E-state index >= 15 is 0 Å². The van der Waals surface area contributed by atoms with Gasteiger partial charge in [-0.05, 0) is 32.3 Å². The number of carbonyl (C=O) groups is 3. The van der Waals surface area contributed by atoms with Crippen molar-refractivity contribution in [3.63, 3.8) is 0 Å². The third-order valence-electron chi connectivity index (χ3n) is 4.68. The molecule has 0 unspecified atom stereocenters. The topological polar surface area (TPSA) is 103 Å². The molecule has 27 heavy (non-hydrogen) atoms. The van der Waals surface area contributed by atoms with E-state index in [0.29, 0.717) is 0 Å². The molecule has 1 aromatic carbocycles. The van der Waals surface area contributed by atoms with Crippen molar-refractivity contribution in [3.8, 4) is 0 Å². The molecular weight excluding hydrogens is 352 g/mol. The molecule has 1 saturated heterocycles. The zero-order valence-corrected chi connectivity index (χ0v) is 15.3. The lowest BCUT2D eigenvalue weighted by atomic mass is 9.83. The van der Waals surface area contributed by atoms with E-state index in [0.717, 1.165) is 18.4 Å². The summed E-state index contributed by atoms with van der Waals surface area (Å²) in [4.78, 5) is 35.6. The molecule has 0 spiro atoms. The van der Waals surface area contributed by atoms with Crippen molar-refractivity contribution in [2.45, 2.75) is 57.6 Å². The smallest absolute Gasteiger partial charge is 0.444 e. The van der Waals surface area contributed by atoms with E-state index in [2.05, 4.69) is 10.6 Å². The van der Waals surface area contributed by atoms with Gasteiger partial charge in [-0.2, -0.15) is 0 Å². The number of ether oxygens (including phenoxy) is 3. The molecule has 2 N–H and O–H groups in total. The van der Waals surface area contributed by atoms with Crippen LogP contribution in [0.15, 0.2) is 30.3 Å². The summed E-state index contributed by atoms with van der Waals surface area (Å²) in [6.07, 6.45) is -0.669. The average Bonchev–Trinajstić information content (AvgIpc) is 3.42. The highest BCUT2D eigenvalue weighted by atomic mass is 16.7. The van der Waals surface area contributed by atoms with E-state index in [1.807, 2.05) is 30.3 Å². The first-order valence-electron chi connectivity index (χ1n) is 9.09. The fourth-order valence-electron chi connectivity index (χ4n) is 2.98. The van der Waals surface area contributed by atoms with Gasteiger partial charge in [0.2, 0.25) is 5.91 Å². The Hall–Kier alpha value is -2.77. The minimum atomic E-state index is -0.843. The average molecular weight is 376 g/mol. The Bertz CT molecular complexity index is 691. The standard InChI is InChI=1S/C19H24N2O6/c1-11(27-19(24)25-10-13-6-4-3-5-7-13)15-16(21-17(15)22)12(2)26-18(23)20-14-8-9-14/h3-7,11-12,14-16H,8-10H2,1-2H3,(H,20,23)(H,21,22)/t11-,12+,15-,16-/m1/s1. The fraction of sp³-hybridized carbons (Fsp3) is 0.526. The number of hydrogen-bond donors (Lipinski definition) is 2. The first-order chi connectivity index (χ1) is 12.9. The largest absolute Gasteiger partial charge is 0.508 e. The SMILES string of the molecule is C[C@H](OC(=O)NC1CC1)[C@H]1NC(=O)[C@@H]1[C@@H](C)OC(=O)OCc1ccccc1. The highest BCUT2D eigenvalue weighted by molar-refractivity contribution is 5.87. The van der Waals surface area contributed by atoms with Crippen molar-refractivity contribution in [1.82, 2.24) is 10.6 Å². The third kappa shape index (κ3) is 5.12. The molecule has 8 heteroatoms. The molecule has 146 valence electrons. The molecule has 1 aromatic rings. The molecular formula is C19H24N2O6. The fourth-order valence-corrected chi connectivity index (χ4v) is 2.98. The second-order valence-electron chi connectivity index (χ2n) is 6.94. The number of rotatable bonds is 7. The van der Waals surface area contributed by atoms with Crippen molar-refractivity contribution in [2.24, 2.45) is 5.92 Å². The van der Waals surface area contributed by atoms with Crippen LogP contribution in [-0.4, -0.2) is 42.4 Å². The van der Waals surface area contributed by atoms with Gasteiger partial charge in [0.05, 0.1) is 12.0 Å². The van der Waals surface area contributed by atoms with Crippen LogP contribution in [0.4, 0.5) is 9.59 Å². The Morgan fingerprint density at radius 3 is 2.48 bits per heavy atom. The molecule has 4 atom stereocenters. The lowest BCUT2D eigenvalue weighted by molar-refractivity contribution is -0.146. The van der Waals surface area contributed by atoms with Gasteiger partial charge < -0.3 is 24.8 Å². The Labute approximate surface area is 157 Å². The zero-order chi connectivity index (χ0) is 19.4. The van der Waals surface area contributed by atoms with Crippen LogP contribution in [0.5, 0.6) is 0 Å². The summed E-state index contributed by atoms with van der Waals surface area (Å²) in [5.74, 6) is -0.848. The van der Waals surface area contributed by atoms with Crippen molar-refractivity contribution in [1.29, 1.82) is 0 Å². The van der Waals surface area contributed by atoms with Gasteiger partial charge >= 0.3 is 12.2 Å². The van der Waals surface area contributed by atoms with Gasteiger partial charge in [-0.1, -0.05) is 30.3 Å². The van der Waals surface area contributed by atoms with Crippen molar-refractivity contribution in [2.75, 3.05) is 0 Å². The summed E-state index contributed by atoms with van der Waals surface area (Å²) >= 11 is 0. The molecule has 0 bridgehead atoms. The molecule has 0 aromatic heterocycles. The summed E-state index contributed by atoms with van der Waals surface area (Å²) in [5, 5.41) is 5.43. The van der Waals surface area contributed by atoms with Gasteiger partial charge in [0.25, 0.3) is 0 Å². The summed E-state index contributed by atoms with van der Waals surface area (Å²) in [7, 11) is 0. The number of carbonyl (C=O) groups excluding carboxylic acids is 3. The van der Waals surface area contributed by atoms with E-state index in [1.54, 1.807) is 13.8 Å². The molecule has 2 fully saturated rings. The first-order valence-corrected chi connectivity index (χ1v) is 9.09. The molecule has 1 heterocycles. The lowest BCUT2D eigenvalue weighted by Crippen LogP contribution is -2.67. The van der Waals surface area contributed by atoms with Gasteiger partial charge in [0.1, 0.15) is 18.8 Å². The van der Waals surface area contributed by atoms with Crippen LogP contribution in [0.3, 0.4) is 0 Å². The number of β-lactam (4-membered cyclic amide) rings is 1. The van der Waals surface area contributed by atoms with Crippen molar-refractivity contribution in [3.05, 3.63) is 35.9 Å². The van der Waals surface area contributed by atoms with E-state index in [4.69, 9.17) is 14.2 Å². The Kier molecular flexibility index (Phi) is 5.83. The third-order valence-corrected chi connectivity index (χ3v) is 4.68. The number of nitrogens with one attached hydrogen (secondary N) is 2. The molecule has 3 rings (SSSR count). The van der Waals surface area contributed by atoms with E-state index < -0.39 is 36.4 Å². The molecule has 1 saturated carbocycles. The number of amides is 2. The Morgan fingerprint density at radius 1 is 1.15 bits per heavy atom. The predicted molar refractivity (Wildman–Crippen MR) is 94.7 cm³/mol. The van der Waals surface area contributed by atoms with Crippen LogP contribution in [0.2, 0.25) is 0 Å². The van der Waals surface area contributed by atoms with Crippen molar-refractivity contribution >= 4 is 18.2 Å². The van der Waals surface area contributed by atoms with E-state index in [-0.39, 0.29) is 18.6 Å². The monoisotopic (exact) mass is 376 g/mol. The van der Waals surface area contributed by atoms with Crippen LogP contribution in [0.25, 0.3) is 0 Å². The predicted octanol–water partition coefficient (Wildman–Crippen LogP) is 2.12. The second kappa shape index (κ2) is 8.28. The summed E-state index contributed by atoms with van der Waals surface area (Å²) in [5.41, 5.74) is 0.838. The summed E-state index contributed by atoms with van der Waals surface area (Å²) in [6, 6.07) is 8.99. The summed E-state index contributed by atoms with van der Waals surface area (Å²) < 4.78 is 15.6. The normalized spacial score (nSPS) is 23.3. The number of benzene rings is 1. The quantitative estimate of drug-likeness (QED) is 0.558. The van der Waals surface area contributed by atoms with E-state index in [9.17, 15) is 14.4 Å². The van der Waals surface area contributed by atoms with Gasteiger partial charge in [-0.15, -0.1) is 0 Å². The molecule has 2 aliphatic rings. The van der Waals surface area contributed by atoms with Gasteiger partial charge in [0, 0.05) is 6.04 Å². The van der Waals surface area contributed by atoms with Gasteiger partial charge in [-0.25, -0.2) is 9.59 Å². The summed E-state index contributed by atoms with van der Waals surface area (Å²) in [6.45, 7) is 3.41. The van der Waals surface area contributed by atoms with Gasteiger partial charge in [-0.3, -0.25) is 4.79 Å². The van der Waals surface area contributed by atoms with Crippen LogP contribution in [0, 0.1) is 5.92 Å². The molecule has 1 aliphatic carbocycles. The van der Waals surface area contributed by atoms with Crippen LogP contribution < -0.4 is 10.6 Å². The molecule has 8 nitrogen and oxygen atoms in total. The molecule has 1 aliphatic heterocycles. The van der Waals surface area contributed by atoms with E-state index in [1.165, 1.54) is 0 Å². The van der Waals surface area contributed by atoms with Crippen LogP contribution >= 0.6 is 0 Å². The maximum atomic E-state index is 11.9. The second-order valence-corrected chi connectivity index (χ2v) is 6.94. The van der Waals surface area contributed by atoms with Crippen LogP contribution in [-0.2, 0) is 25.6 Å². The molecule has 0 radical (unpaired) electrons. The van der Waals surface area contributed by atoms with Crippen LogP contribution in [0.1, 0.15) is 32.3 Å². The van der Waals surface area contributed by atoms with Crippen molar-refractivity contribution < 1.29 is 28.6 Å². The van der Waals surface area contributed by atoms with Gasteiger partial charge in [0.15, 0.2) is 0 Å². The highest BCUT2D eigenvalue weighted by Crippen LogP contribution is 2.26. The Balaban J connectivity index is 1.45. The number of alkyl carbamates (subject to hydrolysis) is 1. The highest BCUT2D eigenvalue weighted by Gasteiger charge is 2.48. The minimum absolute atomic E-state index is 0.0908. The zero-order valence-electron chi connectivity index (χ0n) is 15.3. The minimum Gasteiger partial charge on any atom is -0.444 e. The maximum absolute atomic E-state index is 11.9.